The fraction of sp³-hybridized carbons (Fsp3) is 0.462. The van der Waals surface area contributed by atoms with Crippen LogP contribution in [-0.4, -0.2) is 23.7 Å². The Kier molecular flexibility index (Phi) is 1.96. The lowest BCUT2D eigenvalue weighted by Crippen LogP contribution is -2.26. The van der Waals surface area contributed by atoms with Crippen molar-refractivity contribution in [2.24, 2.45) is 5.92 Å². The van der Waals surface area contributed by atoms with Crippen LogP contribution in [0.2, 0.25) is 0 Å². The van der Waals surface area contributed by atoms with E-state index in [9.17, 15) is 4.79 Å². The van der Waals surface area contributed by atoms with Crippen LogP contribution in [-0.2, 0) is 11.2 Å². The van der Waals surface area contributed by atoms with Crippen molar-refractivity contribution < 1.29 is 9.90 Å². The quantitative estimate of drug-likeness (QED) is 0.780. The molecule has 1 fully saturated rings. The normalized spacial score (nSPS) is 26.7. The molecule has 0 amide bonds. The Morgan fingerprint density at radius 3 is 3.06 bits per heavy atom. The second-order valence-electron chi connectivity index (χ2n) is 4.86. The minimum atomic E-state index is -0.649. The summed E-state index contributed by atoms with van der Waals surface area (Å²) in [5.41, 5.74) is 3.94. The van der Waals surface area contributed by atoms with Gasteiger partial charge in [0.2, 0.25) is 0 Å². The van der Waals surface area contributed by atoms with Gasteiger partial charge in [0.05, 0.1) is 5.92 Å². The van der Waals surface area contributed by atoms with Gasteiger partial charge in [-0.05, 0) is 30.9 Å². The van der Waals surface area contributed by atoms with Crippen molar-refractivity contribution in [2.75, 3.05) is 11.4 Å². The maximum Gasteiger partial charge on any atom is 0.308 e. The number of aryl methyl sites for hydroxylation is 1. The van der Waals surface area contributed by atoms with E-state index in [2.05, 4.69) is 30.0 Å². The Labute approximate surface area is 94.7 Å². The number of carbonyl (C=O) groups is 1. The molecule has 0 bridgehead atoms. The SMILES string of the molecule is Cc1cccc2c1N1CC(C(=O)O)CC1C2. The van der Waals surface area contributed by atoms with E-state index in [4.69, 9.17) is 5.11 Å². The summed E-state index contributed by atoms with van der Waals surface area (Å²) >= 11 is 0. The molecule has 2 atom stereocenters. The number of carboxylic acid groups (broad SMARTS) is 1. The zero-order valence-electron chi connectivity index (χ0n) is 9.31. The first-order chi connectivity index (χ1) is 7.66. The van der Waals surface area contributed by atoms with Crippen molar-refractivity contribution in [3.63, 3.8) is 0 Å². The number of anilines is 1. The maximum atomic E-state index is 11.0. The maximum absolute atomic E-state index is 11.0. The lowest BCUT2D eigenvalue weighted by atomic mass is 10.0. The van der Waals surface area contributed by atoms with Crippen LogP contribution in [0, 0.1) is 12.8 Å². The monoisotopic (exact) mass is 217 g/mol. The molecule has 3 heteroatoms. The topological polar surface area (TPSA) is 40.5 Å². The Morgan fingerprint density at radius 2 is 2.31 bits per heavy atom. The number of hydrogen-bond donors (Lipinski definition) is 1. The highest BCUT2D eigenvalue weighted by molar-refractivity contribution is 5.74. The summed E-state index contributed by atoms with van der Waals surface area (Å²) in [4.78, 5) is 13.3. The standard InChI is InChI=1S/C13H15NO2/c1-8-3-2-4-9-5-11-6-10(13(15)16)7-14(11)12(8)9/h2-4,10-11H,5-7H2,1H3,(H,15,16). The van der Waals surface area contributed by atoms with E-state index in [1.807, 2.05) is 0 Å². The zero-order valence-corrected chi connectivity index (χ0v) is 9.31. The Morgan fingerprint density at radius 1 is 1.50 bits per heavy atom. The van der Waals surface area contributed by atoms with Crippen LogP contribution < -0.4 is 4.90 Å². The summed E-state index contributed by atoms with van der Waals surface area (Å²) < 4.78 is 0. The van der Waals surface area contributed by atoms with Gasteiger partial charge in [-0.25, -0.2) is 0 Å². The molecule has 1 aromatic carbocycles. The van der Waals surface area contributed by atoms with Gasteiger partial charge in [-0.2, -0.15) is 0 Å². The number of nitrogens with zero attached hydrogens (tertiary/aromatic N) is 1. The molecule has 0 saturated carbocycles. The van der Waals surface area contributed by atoms with Gasteiger partial charge in [-0.1, -0.05) is 18.2 Å². The Hall–Kier alpha value is -1.51. The van der Waals surface area contributed by atoms with Gasteiger partial charge in [0.1, 0.15) is 0 Å². The van der Waals surface area contributed by atoms with Crippen molar-refractivity contribution in [3.8, 4) is 0 Å². The van der Waals surface area contributed by atoms with E-state index in [0.29, 0.717) is 12.6 Å². The van der Waals surface area contributed by atoms with Gasteiger partial charge in [-0.3, -0.25) is 4.79 Å². The molecule has 0 aliphatic carbocycles. The first-order valence-corrected chi connectivity index (χ1v) is 5.75. The zero-order chi connectivity index (χ0) is 11.3. The minimum absolute atomic E-state index is 0.183. The number of carboxylic acids is 1. The first-order valence-electron chi connectivity index (χ1n) is 5.75. The van der Waals surface area contributed by atoms with Gasteiger partial charge in [-0.15, -0.1) is 0 Å². The fourth-order valence-electron chi connectivity index (χ4n) is 3.11. The molecule has 2 heterocycles. The number of hydrogen-bond acceptors (Lipinski definition) is 2. The van der Waals surface area contributed by atoms with Gasteiger partial charge >= 0.3 is 5.97 Å². The molecule has 0 radical (unpaired) electrons. The third kappa shape index (κ3) is 1.24. The van der Waals surface area contributed by atoms with Crippen LogP contribution >= 0.6 is 0 Å². The van der Waals surface area contributed by atoms with E-state index in [0.717, 1.165) is 12.8 Å². The Balaban J connectivity index is 1.96. The van der Waals surface area contributed by atoms with Gasteiger partial charge in [0.25, 0.3) is 0 Å². The van der Waals surface area contributed by atoms with Crippen molar-refractivity contribution in [1.29, 1.82) is 0 Å². The molecular weight excluding hydrogens is 202 g/mol. The van der Waals surface area contributed by atoms with Crippen LogP contribution in [0.4, 0.5) is 5.69 Å². The van der Waals surface area contributed by atoms with Crippen LogP contribution in [0.25, 0.3) is 0 Å². The van der Waals surface area contributed by atoms with Crippen molar-refractivity contribution >= 4 is 11.7 Å². The van der Waals surface area contributed by atoms with E-state index in [1.165, 1.54) is 16.8 Å². The molecule has 84 valence electrons. The Bertz CT molecular complexity index is 455. The second-order valence-corrected chi connectivity index (χ2v) is 4.86. The summed E-state index contributed by atoms with van der Waals surface area (Å²) in [6, 6.07) is 6.77. The number of fused-ring (bicyclic) bond motifs is 3. The highest BCUT2D eigenvalue weighted by atomic mass is 16.4. The molecule has 3 nitrogen and oxygen atoms in total. The minimum Gasteiger partial charge on any atom is -0.481 e. The predicted molar refractivity (Wildman–Crippen MR) is 61.8 cm³/mol. The summed E-state index contributed by atoms with van der Waals surface area (Å²) in [5.74, 6) is -0.831. The molecule has 2 aliphatic rings. The van der Waals surface area contributed by atoms with Crippen molar-refractivity contribution in [1.82, 2.24) is 0 Å². The molecular formula is C13H15NO2. The molecule has 1 saturated heterocycles. The summed E-state index contributed by atoms with van der Waals surface area (Å²) in [6.07, 6.45) is 1.81. The van der Waals surface area contributed by atoms with E-state index in [-0.39, 0.29) is 5.92 Å². The summed E-state index contributed by atoms with van der Waals surface area (Å²) in [7, 11) is 0. The van der Waals surface area contributed by atoms with Crippen LogP contribution in [0.3, 0.4) is 0 Å². The predicted octanol–water partition coefficient (Wildman–Crippen LogP) is 1.83. The van der Waals surface area contributed by atoms with Crippen LogP contribution in [0.1, 0.15) is 17.5 Å². The highest BCUT2D eigenvalue weighted by Gasteiger charge is 2.41. The van der Waals surface area contributed by atoms with E-state index in [1.54, 1.807) is 0 Å². The molecule has 2 aliphatic heterocycles. The number of benzene rings is 1. The average Bonchev–Trinajstić information content (AvgIpc) is 2.73. The number of rotatable bonds is 1. The largest absolute Gasteiger partial charge is 0.481 e. The second kappa shape index (κ2) is 3.24. The average molecular weight is 217 g/mol. The number of aliphatic carboxylic acids is 1. The van der Waals surface area contributed by atoms with Gasteiger partial charge in [0.15, 0.2) is 0 Å². The third-order valence-electron chi connectivity index (χ3n) is 3.83. The molecule has 16 heavy (non-hydrogen) atoms. The van der Waals surface area contributed by atoms with E-state index < -0.39 is 5.97 Å². The lowest BCUT2D eigenvalue weighted by Gasteiger charge is -2.20. The van der Waals surface area contributed by atoms with Gasteiger partial charge in [0, 0.05) is 18.3 Å². The first kappa shape index (κ1) is 9.70. The van der Waals surface area contributed by atoms with Crippen molar-refractivity contribution in [2.45, 2.75) is 25.8 Å². The molecule has 3 rings (SSSR count). The summed E-state index contributed by atoms with van der Waals surface area (Å²) in [6.45, 7) is 2.78. The molecule has 2 unspecified atom stereocenters. The number of para-hydroxylation sites is 1. The molecule has 0 spiro atoms. The van der Waals surface area contributed by atoms with Crippen LogP contribution in [0.5, 0.6) is 0 Å². The third-order valence-corrected chi connectivity index (χ3v) is 3.83. The van der Waals surface area contributed by atoms with E-state index >= 15 is 0 Å². The molecule has 0 aromatic heterocycles. The smallest absolute Gasteiger partial charge is 0.308 e. The summed E-state index contributed by atoms with van der Waals surface area (Å²) in [5, 5.41) is 9.06. The molecule has 1 aromatic rings. The van der Waals surface area contributed by atoms with Crippen molar-refractivity contribution in [3.05, 3.63) is 29.3 Å². The van der Waals surface area contributed by atoms with Crippen LogP contribution in [0.15, 0.2) is 18.2 Å². The molecule has 1 N–H and O–H groups in total. The highest BCUT2D eigenvalue weighted by Crippen LogP contribution is 2.41. The lowest BCUT2D eigenvalue weighted by molar-refractivity contribution is -0.141. The fourth-order valence-corrected chi connectivity index (χ4v) is 3.11. The van der Waals surface area contributed by atoms with Gasteiger partial charge < -0.3 is 10.0 Å².